The molecule has 0 fully saturated rings. The molecule has 0 atom stereocenters. The molecule has 0 aliphatic heterocycles. The SMILES string of the molecule is O=c1[nH]ccc2c(Br)ccc(F)c12. The van der Waals surface area contributed by atoms with Crippen molar-refractivity contribution in [2.75, 3.05) is 0 Å². The smallest absolute Gasteiger partial charge is 0.258 e. The second-order valence-corrected chi connectivity index (χ2v) is 3.48. The molecule has 0 bridgehead atoms. The van der Waals surface area contributed by atoms with Crippen LogP contribution in [0, 0.1) is 5.82 Å². The third-order valence-corrected chi connectivity index (χ3v) is 2.52. The number of halogens is 2. The molecular formula is C9H5BrFNO. The van der Waals surface area contributed by atoms with Crippen LogP contribution in [-0.4, -0.2) is 4.98 Å². The summed E-state index contributed by atoms with van der Waals surface area (Å²) in [7, 11) is 0. The number of aromatic nitrogens is 1. The van der Waals surface area contributed by atoms with Gasteiger partial charge in [0, 0.05) is 16.1 Å². The summed E-state index contributed by atoms with van der Waals surface area (Å²) in [6.45, 7) is 0. The zero-order valence-electron chi connectivity index (χ0n) is 6.47. The highest BCUT2D eigenvalue weighted by Gasteiger charge is 2.06. The minimum absolute atomic E-state index is 0.0943. The lowest BCUT2D eigenvalue weighted by molar-refractivity contribution is 0.638. The van der Waals surface area contributed by atoms with Crippen molar-refractivity contribution in [2.24, 2.45) is 0 Å². The molecule has 0 aliphatic rings. The van der Waals surface area contributed by atoms with Gasteiger partial charge in [-0.15, -0.1) is 0 Å². The molecule has 4 heteroatoms. The fourth-order valence-electron chi connectivity index (χ4n) is 1.23. The Labute approximate surface area is 81.5 Å². The maximum atomic E-state index is 13.2. The third-order valence-electron chi connectivity index (χ3n) is 1.83. The number of aromatic amines is 1. The lowest BCUT2D eigenvalue weighted by Crippen LogP contribution is -2.06. The molecule has 0 amide bonds. The minimum Gasteiger partial charge on any atom is -0.328 e. The van der Waals surface area contributed by atoms with Gasteiger partial charge in [-0.2, -0.15) is 0 Å². The van der Waals surface area contributed by atoms with Gasteiger partial charge in [-0.1, -0.05) is 15.9 Å². The van der Waals surface area contributed by atoms with Gasteiger partial charge in [-0.05, 0) is 18.2 Å². The molecular weight excluding hydrogens is 237 g/mol. The molecule has 66 valence electrons. The fourth-order valence-corrected chi connectivity index (χ4v) is 1.70. The molecule has 1 aromatic heterocycles. The van der Waals surface area contributed by atoms with Crippen molar-refractivity contribution in [1.29, 1.82) is 0 Å². The van der Waals surface area contributed by atoms with E-state index in [2.05, 4.69) is 20.9 Å². The van der Waals surface area contributed by atoms with E-state index in [-0.39, 0.29) is 5.39 Å². The van der Waals surface area contributed by atoms with Gasteiger partial charge < -0.3 is 4.98 Å². The van der Waals surface area contributed by atoms with Gasteiger partial charge in [0.15, 0.2) is 0 Å². The minimum atomic E-state index is -0.500. The number of H-pyrrole nitrogens is 1. The number of fused-ring (bicyclic) bond motifs is 1. The monoisotopic (exact) mass is 241 g/mol. The first kappa shape index (κ1) is 8.44. The highest BCUT2D eigenvalue weighted by molar-refractivity contribution is 9.10. The zero-order valence-corrected chi connectivity index (χ0v) is 8.06. The molecule has 2 nitrogen and oxygen atoms in total. The average Bonchev–Trinajstić information content (AvgIpc) is 2.12. The maximum absolute atomic E-state index is 13.2. The summed E-state index contributed by atoms with van der Waals surface area (Å²) in [6.07, 6.45) is 1.49. The topological polar surface area (TPSA) is 32.9 Å². The Morgan fingerprint density at radius 2 is 2.08 bits per heavy atom. The first-order valence-electron chi connectivity index (χ1n) is 3.65. The van der Waals surface area contributed by atoms with Crippen LogP contribution >= 0.6 is 15.9 Å². The van der Waals surface area contributed by atoms with Gasteiger partial charge in [0.1, 0.15) is 5.82 Å². The predicted molar refractivity (Wildman–Crippen MR) is 52.2 cm³/mol. The molecule has 0 aliphatic carbocycles. The number of rotatable bonds is 0. The van der Waals surface area contributed by atoms with E-state index >= 15 is 0 Å². The van der Waals surface area contributed by atoms with Gasteiger partial charge in [0.05, 0.1) is 5.39 Å². The van der Waals surface area contributed by atoms with E-state index in [0.717, 1.165) is 4.47 Å². The fraction of sp³-hybridized carbons (Fsp3) is 0. The van der Waals surface area contributed by atoms with Crippen molar-refractivity contribution in [1.82, 2.24) is 4.98 Å². The number of nitrogens with one attached hydrogen (secondary N) is 1. The van der Waals surface area contributed by atoms with Crippen molar-refractivity contribution in [2.45, 2.75) is 0 Å². The normalized spacial score (nSPS) is 10.6. The van der Waals surface area contributed by atoms with Crippen LogP contribution in [0.4, 0.5) is 4.39 Å². The highest BCUT2D eigenvalue weighted by atomic mass is 79.9. The molecule has 0 radical (unpaired) electrons. The molecule has 0 saturated heterocycles. The van der Waals surface area contributed by atoms with E-state index in [4.69, 9.17) is 0 Å². The Hall–Kier alpha value is -1.16. The Morgan fingerprint density at radius 1 is 1.31 bits per heavy atom. The van der Waals surface area contributed by atoms with Crippen LogP contribution in [0.5, 0.6) is 0 Å². The molecule has 0 unspecified atom stereocenters. The van der Waals surface area contributed by atoms with E-state index in [9.17, 15) is 9.18 Å². The molecule has 1 heterocycles. The predicted octanol–water partition coefficient (Wildman–Crippen LogP) is 2.43. The largest absolute Gasteiger partial charge is 0.328 e. The van der Waals surface area contributed by atoms with Crippen LogP contribution in [0.2, 0.25) is 0 Å². The van der Waals surface area contributed by atoms with Gasteiger partial charge >= 0.3 is 0 Å². The standard InChI is InChI=1S/C9H5BrFNO/c10-6-1-2-7(11)8-5(6)3-4-12-9(8)13/h1-4H,(H,12,13). The summed E-state index contributed by atoms with van der Waals surface area (Å²) in [5.41, 5.74) is -0.406. The van der Waals surface area contributed by atoms with Crippen LogP contribution in [0.1, 0.15) is 0 Å². The molecule has 13 heavy (non-hydrogen) atoms. The number of hydrogen-bond donors (Lipinski definition) is 1. The van der Waals surface area contributed by atoms with Gasteiger partial charge in [-0.25, -0.2) is 4.39 Å². The molecule has 1 aromatic carbocycles. The van der Waals surface area contributed by atoms with E-state index in [1.807, 2.05) is 0 Å². The average molecular weight is 242 g/mol. The van der Waals surface area contributed by atoms with Gasteiger partial charge in [-0.3, -0.25) is 4.79 Å². The lowest BCUT2D eigenvalue weighted by atomic mass is 10.2. The lowest BCUT2D eigenvalue weighted by Gasteiger charge is -1.99. The van der Waals surface area contributed by atoms with Gasteiger partial charge in [0.25, 0.3) is 5.56 Å². The summed E-state index contributed by atoms with van der Waals surface area (Å²) in [5, 5.41) is 0.681. The van der Waals surface area contributed by atoms with Crippen LogP contribution in [-0.2, 0) is 0 Å². The summed E-state index contributed by atoms with van der Waals surface area (Å²) in [4.78, 5) is 13.7. The highest BCUT2D eigenvalue weighted by Crippen LogP contribution is 2.22. The van der Waals surface area contributed by atoms with Crippen LogP contribution < -0.4 is 5.56 Å². The maximum Gasteiger partial charge on any atom is 0.258 e. The van der Waals surface area contributed by atoms with E-state index in [1.54, 1.807) is 12.1 Å². The summed E-state index contributed by atoms with van der Waals surface area (Å²) in [6, 6.07) is 4.50. The molecule has 1 N–H and O–H groups in total. The Bertz CT molecular complexity index is 520. The Balaban J connectivity index is 3.09. The zero-order chi connectivity index (χ0) is 9.42. The van der Waals surface area contributed by atoms with E-state index in [1.165, 1.54) is 12.3 Å². The molecule has 0 spiro atoms. The van der Waals surface area contributed by atoms with Crippen LogP contribution in [0.25, 0.3) is 10.8 Å². The number of pyridine rings is 1. The summed E-state index contributed by atoms with van der Waals surface area (Å²) < 4.78 is 13.9. The Morgan fingerprint density at radius 3 is 2.77 bits per heavy atom. The van der Waals surface area contributed by atoms with Crippen LogP contribution in [0.3, 0.4) is 0 Å². The molecule has 2 rings (SSSR count). The number of hydrogen-bond acceptors (Lipinski definition) is 1. The van der Waals surface area contributed by atoms with Crippen molar-refractivity contribution in [3.8, 4) is 0 Å². The van der Waals surface area contributed by atoms with E-state index in [0.29, 0.717) is 5.39 Å². The number of benzene rings is 1. The first-order chi connectivity index (χ1) is 6.20. The third kappa shape index (κ3) is 1.27. The van der Waals surface area contributed by atoms with E-state index < -0.39 is 11.4 Å². The molecule has 2 aromatic rings. The van der Waals surface area contributed by atoms with Crippen LogP contribution in [0.15, 0.2) is 33.7 Å². The van der Waals surface area contributed by atoms with Gasteiger partial charge in [0.2, 0.25) is 0 Å². The van der Waals surface area contributed by atoms with Crippen molar-refractivity contribution in [3.63, 3.8) is 0 Å². The second-order valence-electron chi connectivity index (χ2n) is 2.62. The van der Waals surface area contributed by atoms with Crippen molar-refractivity contribution >= 4 is 26.7 Å². The quantitative estimate of drug-likeness (QED) is 0.756. The summed E-state index contributed by atoms with van der Waals surface area (Å²) in [5.74, 6) is -0.500. The van der Waals surface area contributed by atoms with Crippen molar-refractivity contribution in [3.05, 3.63) is 45.0 Å². The first-order valence-corrected chi connectivity index (χ1v) is 4.45. The Kier molecular flexibility index (Phi) is 1.92. The summed E-state index contributed by atoms with van der Waals surface area (Å²) >= 11 is 3.25. The second kappa shape index (κ2) is 2.96. The molecule has 0 saturated carbocycles. The van der Waals surface area contributed by atoms with Crippen molar-refractivity contribution < 1.29 is 4.39 Å².